The zero-order valence-electron chi connectivity index (χ0n) is 17.7. The molecular formula is C23H34N4OS. The van der Waals surface area contributed by atoms with Crippen LogP contribution in [0.1, 0.15) is 44.2 Å². The smallest absolute Gasteiger partial charge is 0.185 e. The Morgan fingerprint density at radius 1 is 1.24 bits per heavy atom. The maximum absolute atomic E-state index is 9.03. The first-order valence-corrected chi connectivity index (χ1v) is 11.8. The lowest BCUT2D eigenvalue weighted by Gasteiger charge is -2.34. The van der Waals surface area contributed by atoms with Crippen molar-refractivity contribution >= 4 is 16.5 Å². The van der Waals surface area contributed by atoms with E-state index in [1.807, 2.05) is 0 Å². The molecule has 1 saturated heterocycles. The number of aliphatic hydroxyl groups is 1. The molecule has 0 saturated carbocycles. The lowest BCUT2D eigenvalue weighted by atomic mass is 9.86. The van der Waals surface area contributed by atoms with Crippen molar-refractivity contribution in [2.45, 2.75) is 51.0 Å². The topological polar surface area (TPSA) is 65.6 Å². The van der Waals surface area contributed by atoms with E-state index in [2.05, 4.69) is 47.2 Å². The summed E-state index contributed by atoms with van der Waals surface area (Å²) in [7, 11) is 0. The van der Waals surface area contributed by atoms with Crippen LogP contribution in [0.5, 0.6) is 0 Å². The molecule has 2 aromatic rings. The second-order valence-electron chi connectivity index (χ2n) is 9.18. The quantitative estimate of drug-likeness (QED) is 0.728. The fourth-order valence-corrected chi connectivity index (χ4v) is 5.46. The summed E-state index contributed by atoms with van der Waals surface area (Å²) in [5.41, 5.74) is 11.5. The number of nitrogens with zero attached hydrogens (tertiary/aromatic N) is 3. The van der Waals surface area contributed by atoms with Gasteiger partial charge >= 0.3 is 0 Å². The van der Waals surface area contributed by atoms with E-state index in [0.717, 1.165) is 56.4 Å². The lowest BCUT2D eigenvalue weighted by molar-refractivity contribution is 0.231. The second-order valence-corrected chi connectivity index (χ2v) is 10.0. The van der Waals surface area contributed by atoms with Crippen LogP contribution >= 0.6 is 11.3 Å². The Hall–Kier alpha value is -1.47. The van der Waals surface area contributed by atoms with Gasteiger partial charge in [-0.15, -0.1) is 11.3 Å². The predicted molar refractivity (Wildman–Crippen MR) is 122 cm³/mol. The Bertz CT molecular complexity index is 826. The van der Waals surface area contributed by atoms with Crippen LogP contribution in [0.4, 0.5) is 5.13 Å². The van der Waals surface area contributed by atoms with Crippen molar-refractivity contribution in [3.63, 3.8) is 0 Å². The molecule has 0 amide bonds. The van der Waals surface area contributed by atoms with Crippen LogP contribution in [0.25, 0.3) is 11.3 Å². The number of fused-ring (bicyclic) bond motifs is 1. The summed E-state index contributed by atoms with van der Waals surface area (Å²) in [6.45, 7) is 10.0. The molecule has 158 valence electrons. The number of aromatic nitrogens is 1. The van der Waals surface area contributed by atoms with E-state index >= 15 is 0 Å². The standard InChI is InChI=1S/C23H34N4OS/c1-23(2)8-7-17-14-18(5-6-20(17)23)21-16-29-22(25-21)27-12-10-26(11-13-27)9-3-4-19(24)15-28/h5-6,14,16,19,28H,3-4,7-13,15,24H2,1-2H3. The fourth-order valence-electron chi connectivity index (χ4n) is 4.58. The van der Waals surface area contributed by atoms with Gasteiger partial charge in [-0.2, -0.15) is 0 Å². The zero-order valence-corrected chi connectivity index (χ0v) is 18.5. The normalized spacial score (nSPS) is 20.1. The average molecular weight is 415 g/mol. The van der Waals surface area contributed by atoms with Gasteiger partial charge < -0.3 is 15.7 Å². The summed E-state index contributed by atoms with van der Waals surface area (Å²) >= 11 is 1.76. The number of nitrogens with two attached hydrogens (primary N) is 1. The Balaban J connectivity index is 1.34. The maximum atomic E-state index is 9.03. The van der Waals surface area contributed by atoms with E-state index in [9.17, 15) is 0 Å². The SMILES string of the molecule is CC1(C)CCc2cc(-c3csc(N4CCN(CCCC(N)CO)CC4)n3)ccc21. The van der Waals surface area contributed by atoms with Gasteiger partial charge in [0, 0.05) is 43.2 Å². The molecule has 4 rings (SSSR count). The number of hydrogen-bond acceptors (Lipinski definition) is 6. The highest BCUT2D eigenvalue weighted by molar-refractivity contribution is 7.14. The number of rotatable bonds is 7. The number of thiazole rings is 1. The molecule has 29 heavy (non-hydrogen) atoms. The molecule has 0 bridgehead atoms. The van der Waals surface area contributed by atoms with E-state index in [1.165, 1.54) is 29.5 Å². The molecule has 0 radical (unpaired) electrons. The Kier molecular flexibility index (Phi) is 6.25. The average Bonchev–Trinajstić information content (AvgIpc) is 3.33. The van der Waals surface area contributed by atoms with Crippen LogP contribution < -0.4 is 10.6 Å². The van der Waals surface area contributed by atoms with Gasteiger partial charge in [0.1, 0.15) is 0 Å². The predicted octanol–water partition coefficient (Wildman–Crippen LogP) is 3.26. The van der Waals surface area contributed by atoms with Gasteiger partial charge in [0.05, 0.1) is 12.3 Å². The van der Waals surface area contributed by atoms with Crippen LogP contribution in [0.2, 0.25) is 0 Å². The number of aryl methyl sites for hydroxylation is 1. The first-order chi connectivity index (χ1) is 14.0. The van der Waals surface area contributed by atoms with Crippen molar-refractivity contribution in [1.29, 1.82) is 0 Å². The molecule has 1 fully saturated rings. The number of hydrogen-bond donors (Lipinski definition) is 2. The third-order valence-corrected chi connectivity index (χ3v) is 7.47. The number of piperazine rings is 1. The van der Waals surface area contributed by atoms with Crippen LogP contribution in [-0.4, -0.2) is 60.4 Å². The summed E-state index contributed by atoms with van der Waals surface area (Å²) in [5, 5.41) is 12.4. The summed E-state index contributed by atoms with van der Waals surface area (Å²) in [6.07, 6.45) is 4.37. The monoisotopic (exact) mass is 414 g/mol. The molecule has 5 nitrogen and oxygen atoms in total. The summed E-state index contributed by atoms with van der Waals surface area (Å²) in [4.78, 5) is 9.88. The lowest BCUT2D eigenvalue weighted by Crippen LogP contribution is -2.46. The van der Waals surface area contributed by atoms with Gasteiger partial charge in [-0.3, -0.25) is 4.90 Å². The Morgan fingerprint density at radius 2 is 2.03 bits per heavy atom. The number of benzene rings is 1. The summed E-state index contributed by atoms with van der Waals surface area (Å²) in [5.74, 6) is 0. The molecule has 1 aromatic heterocycles. The molecule has 1 aliphatic heterocycles. The molecule has 3 N–H and O–H groups in total. The summed E-state index contributed by atoms with van der Waals surface area (Å²) < 4.78 is 0. The van der Waals surface area contributed by atoms with Crippen molar-refractivity contribution in [2.75, 3.05) is 44.2 Å². The van der Waals surface area contributed by atoms with Gasteiger partial charge in [0.2, 0.25) is 0 Å². The van der Waals surface area contributed by atoms with Crippen LogP contribution in [0.15, 0.2) is 23.6 Å². The van der Waals surface area contributed by atoms with Crippen molar-refractivity contribution in [2.24, 2.45) is 5.73 Å². The highest BCUT2D eigenvalue weighted by Crippen LogP contribution is 2.40. The van der Waals surface area contributed by atoms with Crippen LogP contribution in [0.3, 0.4) is 0 Å². The van der Waals surface area contributed by atoms with E-state index in [-0.39, 0.29) is 12.6 Å². The highest BCUT2D eigenvalue weighted by atomic mass is 32.1. The van der Waals surface area contributed by atoms with Crippen LogP contribution in [-0.2, 0) is 11.8 Å². The minimum absolute atomic E-state index is 0.0738. The first-order valence-electron chi connectivity index (χ1n) is 10.9. The first kappa shape index (κ1) is 20.8. The van der Waals surface area contributed by atoms with E-state index in [4.69, 9.17) is 15.8 Å². The molecule has 2 heterocycles. The second kappa shape index (κ2) is 8.72. The summed E-state index contributed by atoms with van der Waals surface area (Å²) in [6, 6.07) is 6.85. The van der Waals surface area contributed by atoms with Gasteiger partial charge in [-0.1, -0.05) is 26.0 Å². The van der Waals surface area contributed by atoms with Gasteiger partial charge in [-0.25, -0.2) is 4.98 Å². The molecule has 1 aromatic carbocycles. The van der Waals surface area contributed by atoms with Crippen molar-refractivity contribution in [3.05, 3.63) is 34.7 Å². The number of aliphatic hydroxyl groups excluding tert-OH is 1. The Labute approximate surface area is 178 Å². The largest absolute Gasteiger partial charge is 0.395 e. The molecular weight excluding hydrogens is 380 g/mol. The molecule has 1 unspecified atom stereocenters. The van der Waals surface area contributed by atoms with Crippen molar-refractivity contribution in [3.8, 4) is 11.3 Å². The van der Waals surface area contributed by atoms with Crippen LogP contribution in [0, 0.1) is 0 Å². The van der Waals surface area contributed by atoms with Gasteiger partial charge in [-0.05, 0) is 54.8 Å². The highest BCUT2D eigenvalue weighted by Gasteiger charge is 2.29. The third kappa shape index (κ3) is 4.66. The zero-order chi connectivity index (χ0) is 20.4. The molecule has 1 atom stereocenters. The van der Waals surface area contributed by atoms with E-state index < -0.39 is 0 Å². The van der Waals surface area contributed by atoms with Crippen molar-refractivity contribution < 1.29 is 5.11 Å². The van der Waals surface area contributed by atoms with Crippen molar-refractivity contribution in [1.82, 2.24) is 9.88 Å². The molecule has 6 heteroatoms. The fraction of sp³-hybridized carbons (Fsp3) is 0.609. The van der Waals surface area contributed by atoms with E-state index in [0.29, 0.717) is 5.41 Å². The maximum Gasteiger partial charge on any atom is 0.185 e. The molecule has 2 aliphatic rings. The Morgan fingerprint density at radius 3 is 2.79 bits per heavy atom. The number of anilines is 1. The molecule has 1 aliphatic carbocycles. The van der Waals surface area contributed by atoms with Gasteiger partial charge in [0.15, 0.2) is 5.13 Å². The molecule has 0 spiro atoms. The van der Waals surface area contributed by atoms with E-state index in [1.54, 1.807) is 11.3 Å². The minimum Gasteiger partial charge on any atom is -0.395 e. The minimum atomic E-state index is -0.0738. The van der Waals surface area contributed by atoms with Gasteiger partial charge in [0.25, 0.3) is 0 Å². The third-order valence-electron chi connectivity index (χ3n) is 6.57.